The average Bonchev–Trinajstić information content (AvgIpc) is 3.10. The molecule has 0 radical (unpaired) electrons. The van der Waals surface area contributed by atoms with E-state index < -0.39 is 0 Å². The van der Waals surface area contributed by atoms with Gasteiger partial charge in [0.05, 0.1) is 12.7 Å². The van der Waals surface area contributed by atoms with E-state index in [1.165, 1.54) is 25.7 Å². The van der Waals surface area contributed by atoms with E-state index in [-0.39, 0.29) is 5.54 Å². The highest BCUT2D eigenvalue weighted by molar-refractivity contribution is 5.79. The lowest BCUT2D eigenvalue weighted by molar-refractivity contribution is 0.0419. The quantitative estimate of drug-likeness (QED) is 0.396. The van der Waals surface area contributed by atoms with Gasteiger partial charge in [-0.25, -0.2) is 0 Å². The van der Waals surface area contributed by atoms with Crippen LogP contribution in [-0.2, 0) is 9.47 Å². The van der Waals surface area contributed by atoms with Gasteiger partial charge < -0.3 is 25.0 Å². The molecule has 1 saturated heterocycles. The van der Waals surface area contributed by atoms with Crippen LogP contribution in [0.1, 0.15) is 45.4 Å². The molecule has 0 aromatic carbocycles. The second kappa shape index (κ2) is 10.3. The number of aliphatic imine (C=N–C) groups is 1. The van der Waals surface area contributed by atoms with E-state index in [9.17, 15) is 0 Å². The first-order valence-corrected chi connectivity index (χ1v) is 9.87. The highest BCUT2D eigenvalue weighted by Gasteiger charge is 2.36. The van der Waals surface area contributed by atoms with Crippen LogP contribution in [-0.4, -0.2) is 76.6 Å². The van der Waals surface area contributed by atoms with Crippen LogP contribution >= 0.6 is 0 Å². The lowest BCUT2D eigenvalue weighted by Gasteiger charge is -2.45. The molecule has 2 fully saturated rings. The summed E-state index contributed by atoms with van der Waals surface area (Å²) in [6.07, 6.45) is 7.48. The predicted molar refractivity (Wildman–Crippen MR) is 103 cm³/mol. The molecule has 3 atom stereocenters. The number of hydrogen-bond acceptors (Lipinski definition) is 4. The van der Waals surface area contributed by atoms with Crippen molar-refractivity contribution in [3.63, 3.8) is 0 Å². The van der Waals surface area contributed by atoms with Gasteiger partial charge in [0.15, 0.2) is 5.96 Å². The first-order chi connectivity index (χ1) is 12.1. The van der Waals surface area contributed by atoms with Crippen LogP contribution in [0.15, 0.2) is 4.99 Å². The summed E-state index contributed by atoms with van der Waals surface area (Å²) in [5.41, 5.74) is 0.237. The topological polar surface area (TPSA) is 58.1 Å². The van der Waals surface area contributed by atoms with Crippen LogP contribution in [0.5, 0.6) is 0 Å². The van der Waals surface area contributed by atoms with Gasteiger partial charge in [-0.15, -0.1) is 0 Å². The number of likely N-dealkylation sites (N-methyl/N-ethyl adjacent to an activating group) is 1. The molecule has 6 nitrogen and oxygen atoms in total. The van der Waals surface area contributed by atoms with Crippen molar-refractivity contribution in [2.24, 2.45) is 10.9 Å². The van der Waals surface area contributed by atoms with E-state index in [0.29, 0.717) is 6.10 Å². The number of rotatable bonds is 8. The summed E-state index contributed by atoms with van der Waals surface area (Å²) in [5, 5.41) is 6.96. The fourth-order valence-electron chi connectivity index (χ4n) is 4.00. The van der Waals surface area contributed by atoms with Crippen molar-refractivity contribution < 1.29 is 9.47 Å². The van der Waals surface area contributed by atoms with Crippen molar-refractivity contribution in [3.8, 4) is 0 Å². The average molecular weight is 355 g/mol. The first-order valence-electron chi connectivity index (χ1n) is 9.87. The summed E-state index contributed by atoms with van der Waals surface area (Å²) >= 11 is 0. The summed E-state index contributed by atoms with van der Waals surface area (Å²) in [6.45, 7) is 6.56. The summed E-state index contributed by atoms with van der Waals surface area (Å²) in [4.78, 5) is 6.78. The summed E-state index contributed by atoms with van der Waals surface area (Å²) in [7, 11) is 6.26. The molecule has 2 aliphatic rings. The molecule has 146 valence electrons. The van der Waals surface area contributed by atoms with Crippen LogP contribution in [0.2, 0.25) is 0 Å². The molecule has 25 heavy (non-hydrogen) atoms. The highest BCUT2D eigenvalue weighted by atomic mass is 16.5. The van der Waals surface area contributed by atoms with Gasteiger partial charge in [0, 0.05) is 38.9 Å². The fraction of sp³-hybridized carbons (Fsp3) is 0.947. The second-order valence-electron chi connectivity index (χ2n) is 7.88. The molecule has 6 heteroatoms. The van der Waals surface area contributed by atoms with Crippen molar-refractivity contribution in [3.05, 3.63) is 0 Å². The molecular weight excluding hydrogens is 316 g/mol. The van der Waals surface area contributed by atoms with Crippen LogP contribution in [0.3, 0.4) is 0 Å². The monoisotopic (exact) mass is 354 g/mol. The lowest BCUT2D eigenvalue weighted by atomic mass is 9.75. The smallest absolute Gasteiger partial charge is 0.191 e. The van der Waals surface area contributed by atoms with Crippen LogP contribution in [0.25, 0.3) is 0 Å². The van der Waals surface area contributed by atoms with Crippen LogP contribution in [0.4, 0.5) is 0 Å². The van der Waals surface area contributed by atoms with E-state index in [2.05, 4.69) is 41.5 Å². The Morgan fingerprint density at radius 2 is 2.16 bits per heavy atom. The molecule has 0 bridgehead atoms. The molecular formula is C19H38N4O2. The minimum atomic E-state index is 0.237. The molecule has 0 aromatic heterocycles. The molecule has 0 spiro atoms. The van der Waals surface area contributed by atoms with Gasteiger partial charge in [-0.2, -0.15) is 0 Å². The summed E-state index contributed by atoms with van der Waals surface area (Å²) < 4.78 is 11.1. The normalized spacial score (nSPS) is 30.7. The lowest BCUT2D eigenvalue weighted by Crippen LogP contribution is -2.56. The van der Waals surface area contributed by atoms with E-state index in [1.54, 1.807) is 0 Å². The second-order valence-corrected chi connectivity index (χ2v) is 7.88. The third kappa shape index (κ3) is 6.42. The van der Waals surface area contributed by atoms with E-state index in [1.807, 2.05) is 7.05 Å². The number of nitrogens with one attached hydrogen (secondary N) is 2. The molecule has 1 aliphatic carbocycles. The van der Waals surface area contributed by atoms with Crippen molar-refractivity contribution in [1.29, 1.82) is 0 Å². The predicted octanol–water partition coefficient (Wildman–Crippen LogP) is 1.86. The first kappa shape index (κ1) is 20.5. The Bertz CT molecular complexity index is 410. The Hall–Kier alpha value is -0.850. The number of ether oxygens (including phenoxy) is 2. The van der Waals surface area contributed by atoms with Crippen molar-refractivity contribution in [2.75, 3.05) is 54.1 Å². The van der Waals surface area contributed by atoms with Gasteiger partial charge in [-0.05, 0) is 45.7 Å². The van der Waals surface area contributed by atoms with E-state index >= 15 is 0 Å². The van der Waals surface area contributed by atoms with Crippen LogP contribution < -0.4 is 10.6 Å². The molecule has 0 aromatic rings. The Kier molecular flexibility index (Phi) is 8.46. The minimum absolute atomic E-state index is 0.237. The Labute approximate surface area is 153 Å². The molecule has 2 N–H and O–H groups in total. The van der Waals surface area contributed by atoms with Gasteiger partial charge in [-0.3, -0.25) is 4.99 Å². The van der Waals surface area contributed by atoms with E-state index in [0.717, 1.165) is 57.6 Å². The number of hydrogen-bond donors (Lipinski definition) is 2. The summed E-state index contributed by atoms with van der Waals surface area (Å²) in [6, 6.07) is 0. The highest BCUT2D eigenvalue weighted by Crippen LogP contribution is 2.35. The zero-order valence-electron chi connectivity index (χ0n) is 16.6. The van der Waals surface area contributed by atoms with Crippen molar-refractivity contribution in [1.82, 2.24) is 15.5 Å². The van der Waals surface area contributed by atoms with Crippen molar-refractivity contribution >= 4 is 5.96 Å². The van der Waals surface area contributed by atoms with Gasteiger partial charge in [0.25, 0.3) is 0 Å². The zero-order valence-corrected chi connectivity index (χ0v) is 16.6. The molecule has 3 unspecified atom stereocenters. The van der Waals surface area contributed by atoms with Gasteiger partial charge in [0.2, 0.25) is 0 Å². The number of nitrogens with zero attached hydrogens (tertiary/aromatic N) is 2. The largest absolute Gasteiger partial charge is 0.379 e. The maximum atomic E-state index is 5.80. The maximum Gasteiger partial charge on any atom is 0.191 e. The molecule has 2 rings (SSSR count). The van der Waals surface area contributed by atoms with E-state index in [4.69, 9.17) is 9.47 Å². The van der Waals surface area contributed by atoms with Gasteiger partial charge >= 0.3 is 0 Å². The molecule has 1 saturated carbocycles. The standard InChI is InChI=1S/C19H38N4O2/c1-16-7-5-9-19(13-16,23(3)4)15-22-18(20-2)21-10-6-11-25-17-8-12-24-14-17/h16-17H,5-15H2,1-4H3,(H2,20,21,22). The molecule has 0 amide bonds. The third-order valence-corrected chi connectivity index (χ3v) is 5.68. The van der Waals surface area contributed by atoms with Crippen molar-refractivity contribution in [2.45, 2.75) is 57.1 Å². The van der Waals surface area contributed by atoms with Gasteiger partial charge in [0.1, 0.15) is 0 Å². The Balaban J connectivity index is 1.67. The molecule has 1 heterocycles. The number of guanidine groups is 1. The van der Waals surface area contributed by atoms with Gasteiger partial charge in [-0.1, -0.05) is 19.8 Å². The summed E-state index contributed by atoms with van der Waals surface area (Å²) in [5.74, 6) is 1.69. The maximum absolute atomic E-state index is 5.80. The zero-order chi connectivity index (χ0) is 18.1. The Morgan fingerprint density at radius 1 is 1.32 bits per heavy atom. The third-order valence-electron chi connectivity index (χ3n) is 5.68. The fourth-order valence-corrected chi connectivity index (χ4v) is 4.00. The van der Waals surface area contributed by atoms with Crippen LogP contribution in [0, 0.1) is 5.92 Å². The Morgan fingerprint density at radius 3 is 2.80 bits per heavy atom. The molecule has 1 aliphatic heterocycles. The SMILES string of the molecule is CN=C(NCCCOC1CCOC1)NCC1(N(C)C)CCCC(C)C1. The minimum Gasteiger partial charge on any atom is -0.379 e.